The van der Waals surface area contributed by atoms with Crippen LogP contribution < -0.4 is 10.6 Å². The minimum Gasteiger partial charge on any atom is -0.395 e. The van der Waals surface area contributed by atoms with Gasteiger partial charge in [-0.1, -0.05) is 0 Å². The van der Waals surface area contributed by atoms with E-state index in [1.54, 1.807) is 6.20 Å². The zero-order valence-corrected chi connectivity index (χ0v) is 7.77. The van der Waals surface area contributed by atoms with Gasteiger partial charge >= 0.3 is 0 Å². The highest BCUT2D eigenvalue weighted by atomic mass is 16.3. The van der Waals surface area contributed by atoms with Crippen LogP contribution in [0.1, 0.15) is 5.69 Å². The molecule has 1 aromatic rings. The van der Waals surface area contributed by atoms with Gasteiger partial charge in [-0.25, -0.2) is 0 Å². The van der Waals surface area contributed by atoms with E-state index < -0.39 is 0 Å². The lowest BCUT2D eigenvalue weighted by Gasteiger charge is -2.17. The molecule has 1 aromatic heterocycles. The predicted octanol–water partition coefficient (Wildman–Crippen LogP) is -0.0312. The first-order valence-corrected chi connectivity index (χ1v) is 4.25. The fourth-order valence-electron chi connectivity index (χ4n) is 1.09. The Morgan fingerprint density at radius 3 is 3.00 bits per heavy atom. The molecule has 3 N–H and O–H groups in total. The van der Waals surface area contributed by atoms with Gasteiger partial charge in [0, 0.05) is 32.0 Å². The van der Waals surface area contributed by atoms with Crippen molar-refractivity contribution >= 4 is 5.69 Å². The van der Waals surface area contributed by atoms with Crippen molar-refractivity contribution in [3.8, 4) is 0 Å². The summed E-state index contributed by atoms with van der Waals surface area (Å²) in [6, 6.07) is 3.82. The van der Waals surface area contributed by atoms with E-state index in [1.165, 1.54) is 0 Å². The first-order valence-electron chi connectivity index (χ1n) is 4.25. The summed E-state index contributed by atoms with van der Waals surface area (Å²) in [7, 11) is 1.92. The summed E-state index contributed by atoms with van der Waals surface area (Å²) in [4.78, 5) is 6.05. The fourth-order valence-corrected chi connectivity index (χ4v) is 1.09. The second-order valence-corrected chi connectivity index (χ2v) is 2.85. The summed E-state index contributed by atoms with van der Waals surface area (Å²) in [5.41, 5.74) is 7.36. The Morgan fingerprint density at radius 2 is 2.38 bits per heavy atom. The molecular formula is C9H15N3O. The molecule has 0 aliphatic rings. The molecule has 0 atom stereocenters. The molecule has 0 fully saturated rings. The van der Waals surface area contributed by atoms with Crippen molar-refractivity contribution < 1.29 is 5.11 Å². The van der Waals surface area contributed by atoms with Crippen molar-refractivity contribution in [2.24, 2.45) is 5.73 Å². The van der Waals surface area contributed by atoms with Crippen LogP contribution in [0, 0.1) is 0 Å². The minimum atomic E-state index is 0.150. The summed E-state index contributed by atoms with van der Waals surface area (Å²) < 4.78 is 0. The molecule has 4 heteroatoms. The number of pyridine rings is 1. The first-order chi connectivity index (χ1) is 6.27. The number of rotatable bonds is 4. The van der Waals surface area contributed by atoms with Crippen LogP contribution in [0.25, 0.3) is 0 Å². The molecule has 0 bridgehead atoms. The van der Waals surface area contributed by atoms with E-state index >= 15 is 0 Å². The highest BCUT2D eigenvalue weighted by Gasteiger charge is 2.00. The van der Waals surface area contributed by atoms with Gasteiger partial charge in [0.25, 0.3) is 0 Å². The number of likely N-dealkylation sites (N-methyl/N-ethyl adjacent to an activating group) is 1. The number of aliphatic hydroxyl groups excluding tert-OH is 1. The number of hydrogen-bond acceptors (Lipinski definition) is 4. The summed E-state index contributed by atoms with van der Waals surface area (Å²) in [5, 5.41) is 8.74. The fraction of sp³-hybridized carbons (Fsp3) is 0.444. The number of hydrogen-bond donors (Lipinski definition) is 2. The molecule has 1 rings (SSSR count). The third-order valence-corrected chi connectivity index (χ3v) is 1.89. The number of anilines is 1. The van der Waals surface area contributed by atoms with E-state index in [0.29, 0.717) is 13.1 Å². The summed E-state index contributed by atoms with van der Waals surface area (Å²) in [6.07, 6.45) is 1.73. The predicted molar refractivity (Wildman–Crippen MR) is 52.5 cm³/mol. The van der Waals surface area contributed by atoms with Crippen LogP contribution >= 0.6 is 0 Å². The number of aliphatic hydroxyl groups is 1. The van der Waals surface area contributed by atoms with Crippen molar-refractivity contribution in [1.82, 2.24) is 4.98 Å². The maximum absolute atomic E-state index is 8.74. The minimum absolute atomic E-state index is 0.150. The normalized spacial score (nSPS) is 10.1. The Labute approximate surface area is 78.0 Å². The highest BCUT2D eigenvalue weighted by molar-refractivity contribution is 5.45. The molecule has 0 aromatic carbocycles. The van der Waals surface area contributed by atoms with Gasteiger partial charge in [0.1, 0.15) is 0 Å². The van der Waals surface area contributed by atoms with Gasteiger partial charge in [0.2, 0.25) is 0 Å². The van der Waals surface area contributed by atoms with Crippen molar-refractivity contribution in [2.75, 3.05) is 25.1 Å². The molecular weight excluding hydrogens is 166 g/mol. The van der Waals surface area contributed by atoms with Crippen molar-refractivity contribution in [2.45, 2.75) is 6.54 Å². The number of nitrogens with two attached hydrogens (primary N) is 1. The second kappa shape index (κ2) is 4.79. The van der Waals surface area contributed by atoms with Gasteiger partial charge in [-0.05, 0) is 12.1 Å². The molecule has 4 nitrogen and oxygen atoms in total. The lowest BCUT2D eigenvalue weighted by Crippen LogP contribution is -2.21. The summed E-state index contributed by atoms with van der Waals surface area (Å²) >= 11 is 0. The van der Waals surface area contributed by atoms with Crippen LogP contribution in [0.5, 0.6) is 0 Å². The Balaban J connectivity index is 2.75. The van der Waals surface area contributed by atoms with E-state index in [-0.39, 0.29) is 6.61 Å². The van der Waals surface area contributed by atoms with Crippen LogP contribution in [0.4, 0.5) is 5.69 Å². The molecule has 0 saturated heterocycles. The van der Waals surface area contributed by atoms with Crippen molar-refractivity contribution in [3.63, 3.8) is 0 Å². The average Bonchev–Trinajstić information content (AvgIpc) is 2.18. The maximum Gasteiger partial charge on any atom is 0.0606 e. The average molecular weight is 181 g/mol. The summed E-state index contributed by atoms with van der Waals surface area (Å²) in [6.45, 7) is 1.21. The monoisotopic (exact) mass is 181 g/mol. The van der Waals surface area contributed by atoms with Gasteiger partial charge in [-0.3, -0.25) is 4.98 Å². The Bertz CT molecular complexity index is 265. The van der Waals surface area contributed by atoms with E-state index in [0.717, 1.165) is 11.4 Å². The highest BCUT2D eigenvalue weighted by Crippen LogP contribution is 2.11. The molecule has 0 unspecified atom stereocenters. The third-order valence-electron chi connectivity index (χ3n) is 1.89. The van der Waals surface area contributed by atoms with Crippen LogP contribution in [-0.4, -0.2) is 30.3 Å². The second-order valence-electron chi connectivity index (χ2n) is 2.85. The molecule has 13 heavy (non-hydrogen) atoms. The zero-order valence-electron chi connectivity index (χ0n) is 7.77. The van der Waals surface area contributed by atoms with E-state index in [9.17, 15) is 0 Å². The van der Waals surface area contributed by atoms with Crippen LogP contribution in [0.2, 0.25) is 0 Å². The topological polar surface area (TPSA) is 62.4 Å². The van der Waals surface area contributed by atoms with Crippen LogP contribution in [-0.2, 0) is 6.54 Å². The Hall–Kier alpha value is -1.13. The lowest BCUT2D eigenvalue weighted by molar-refractivity contribution is 0.304. The van der Waals surface area contributed by atoms with Crippen molar-refractivity contribution in [1.29, 1.82) is 0 Å². The molecule has 0 aliphatic heterocycles. The number of aromatic nitrogens is 1. The van der Waals surface area contributed by atoms with E-state index in [4.69, 9.17) is 10.8 Å². The molecule has 0 saturated carbocycles. The van der Waals surface area contributed by atoms with Crippen LogP contribution in [0.3, 0.4) is 0 Å². The van der Waals surface area contributed by atoms with Crippen LogP contribution in [0.15, 0.2) is 18.3 Å². The van der Waals surface area contributed by atoms with Gasteiger partial charge < -0.3 is 15.7 Å². The molecule has 72 valence electrons. The Kier molecular flexibility index (Phi) is 3.67. The molecule has 0 aliphatic carbocycles. The first kappa shape index (κ1) is 9.95. The van der Waals surface area contributed by atoms with Crippen molar-refractivity contribution in [3.05, 3.63) is 24.0 Å². The lowest BCUT2D eigenvalue weighted by atomic mass is 10.3. The number of nitrogens with zero attached hydrogens (tertiary/aromatic N) is 2. The third kappa shape index (κ3) is 2.68. The molecule has 1 heterocycles. The summed E-state index contributed by atoms with van der Waals surface area (Å²) in [5.74, 6) is 0. The quantitative estimate of drug-likeness (QED) is 0.684. The largest absolute Gasteiger partial charge is 0.395 e. The standard InChI is InChI=1S/C9H15N3O/c1-12(4-5-13)9-2-3-11-8(6-9)7-10/h2-3,6,13H,4-5,7,10H2,1H3. The maximum atomic E-state index is 8.74. The van der Waals surface area contributed by atoms with E-state index in [1.807, 2.05) is 24.1 Å². The Morgan fingerprint density at radius 1 is 1.62 bits per heavy atom. The van der Waals surface area contributed by atoms with E-state index in [2.05, 4.69) is 4.98 Å². The van der Waals surface area contributed by atoms with Gasteiger partial charge in [0.15, 0.2) is 0 Å². The SMILES string of the molecule is CN(CCO)c1ccnc(CN)c1. The molecule has 0 amide bonds. The van der Waals surface area contributed by atoms with Gasteiger partial charge in [0.05, 0.1) is 12.3 Å². The zero-order chi connectivity index (χ0) is 9.68. The molecule has 0 spiro atoms. The molecule has 0 radical (unpaired) electrons. The van der Waals surface area contributed by atoms with Gasteiger partial charge in [-0.2, -0.15) is 0 Å². The smallest absolute Gasteiger partial charge is 0.0606 e. The van der Waals surface area contributed by atoms with Gasteiger partial charge in [-0.15, -0.1) is 0 Å².